The van der Waals surface area contributed by atoms with E-state index < -0.39 is 5.97 Å². The Bertz CT molecular complexity index is 489. The Kier molecular flexibility index (Phi) is 2.09. The van der Waals surface area contributed by atoms with E-state index in [2.05, 4.69) is 10.3 Å². The molecule has 0 atom stereocenters. The predicted octanol–water partition coefficient (Wildman–Crippen LogP) is 0.548. The summed E-state index contributed by atoms with van der Waals surface area (Å²) in [4.78, 5) is 10.6. The molecule has 0 bridgehead atoms. The minimum atomic E-state index is -1.10. The lowest BCUT2D eigenvalue weighted by atomic mass is 10.3. The van der Waals surface area contributed by atoms with E-state index in [4.69, 9.17) is 10.8 Å². The highest BCUT2D eigenvalue weighted by Gasteiger charge is 2.08. The Hall–Kier alpha value is -2.37. The quantitative estimate of drug-likeness (QED) is 0.696. The van der Waals surface area contributed by atoms with Crippen LogP contribution in [0.2, 0.25) is 0 Å². The summed E-state index contributed by atoms with van der Waals surface area (Å²) in [5.74, 6) is -1.10. The number of nitrogens with zero attached hydrogens (tertiary/aromatic N) is 3. The first-order valence-corrected chi connectivity index (χ1v) is 4.18. The number of nitrogen functional groups attached to an aromatic ring is 1. The summed E-state index contributed by atoms with van der Waals surface area (Å²) in [6.07, 6.45) is 1.34. The van der Waals surface area contributed by atoms with Crippen LogP contribution in [-0.2, 0) is 0 Å². The Morgan fingerprint density at radius 1 is 1.33 bits per heavy atom. The summed E-state index contributed by atoms with van der Waals surface area (Å²) < 4.78 is 1.38. The molecule has 1 aromatic carbocycles. The highest BCUT2D eigenvalue weighted by Crippen LogP contribution is 2.09. The molecule has 6 heteroatoms. The summed E-state index contributed by atoms with van der Waals surface area (Å²) in [7, 11) is 0. The van der Waals surface area contributed by atoms with Gasteiger partial charge in [0.1, 0.15) is 0 Å². The maximum absolute atomic E-state index is 10.6. The van der Waals surface area contributed by atoms with Crippen molar-refractivity contribution in [3.8, 4) is 5.69 Å². The van der Waals surface area contributed by atoms with Crippen LogP contribution in [0.4, 0.5) is 5.69 Å². The molecule has 3 N–H and O–H groups in total. The van der Waals surface area contributed by atoms with Gasteiger partial charge < -0.3 is 10.8 Å². The summed E-state index contributed by atoms with van der Waals surface area (Å²) in [6, 6.07) is 6.88. The Morgan fingerprint density at radius 2 is 2.00 bits per heavy atom. The standard InChI is InChI=1S/C9H8N4O2/c10-6-1-3-7(4-2-6)13-5-8(9(14)15)11-12-13/h1-5H,10H2,(H,14,15). The van der Waals surface area contributed by atoms with Gasteiger partial charge in [-0.25, -0.2) is 9.48 Å². The van der Waals surface area contributed by atoms with Crippen molar-refractivity contribution >= 4 is 11.7 Å². The second kappa shape index (κ2) is 3.41. The molecule has 0 fully saturated rings. The fourth-order valence-electron chi connectivity index (χ4n) is 1.12. The first kappa shape index (κ1) is 9.20. The molecule has 15 heavy (non-hydrogen) atoms. The number of carboxylic acids is 1. The van der Waals surface area contributed by atoms with E-state index in [-0.39, 0.29) is 5.69 Å². The molecule has 0 saturated carbocycles. The number of aromatic nitrogens is 3. The van der Waals surface area contributed by atoms with Gasteiger partial charge >= 0.3 is 5.97 Å². The van der Waals surface area contributed by atoms with Gasteiger partial charge in [0.2, 0.25) is 0 Å². The lowest BCUT2D eigenvalue weighted by Gasteiger charge is -1.99. The first-order valence-electron chi connectivity index (χ1n) is 4.18. The fourth-order valence-corrected chi connectivity index (χ4v) is 1.12. The number of hydrogen-bond acceptors (Lipinski definition) is 4. The van der Waals surface area contributed by atoms with E-state index in [1.54, 1.807) is 24.3 Å². The van der Waals surface area contributed by atoms with Gasteiger partial charge in [-0.15, -0.1) is 5.10 Å². The minimum absolute atomic E-state index is 0.0909. The van der Waals surface area contributed by atoms with Crippen molar-refractivity contribution in [2.24, 2.45) is 0 Å². The van der Waals surface area contributed by atoms with Crippen molar-refractivity contribution in [2.75, 3.05) is 5.73 Å². The lowest BCUT2D eigenvalue weighted by Crippen LogP contribution is -1.96. The first-order chi connectivity index (χ1) is 7.16. The van der Waals surface area contributed by atoms with E-state index in [9.17, 15) is 4.79 Å². The molecule has 0 aliphatic heterocycles. The van der Waals surface area contributed by atoms with Crippen molar-refractivity contribution in [3.05, 3.63) is 36.2 Å². The summed E-state index contributed by atoms with van der Waals surface area (Å²) >= 11 is 0. The van der Waals surface area contributed by atoms with Gasteiger partial charge in [-0.3, -0.25) is 0 Å². The number of carbonyl (C=O) groups is 1. The number of carboxylic acid groups (broad SMARTS) is 1. The van der Waals surface area contributed by atoms with E-state index in [1.165, 1.54) is 10.9 Å². The molecule has 0 unspecified atom stereocenters. The molecule has 0 amide bonds. The predicted molar refractivity (Wildman–Crippen MR) is 52.7 cm³/mol. The smallest absolute Gasteiger partial charge is 0.358 e. The number of anilines is 1. The molecule has 0 spiro atoms. The largest absolute Gasteiger partial charge is 0.476 e. The van der Waals surface area contributed by atoms with Gasteiger partial charge in [0.05, 0.1) is 11.9 Å². The third-order valence-electron chi connectivity index (χ3n) is 1.87. The normalized spacial score (nSPS) is 10.1. The van der Waals surface area contributed by atoms with Gasteiger partial charge in [-0.05, 0) is 24.3 Å². The van der Waals surface area contributed by atoms with Gasteiger partial charge in [-0.2, -0.15) is 0 Å². The molecule has 1 aromatic heterocycles. The number of aromatic carboxylic acids is 1. The zero-order valence-electron chi connectivity index (χ0n) is 7.66. The van der Waals surface area contributed by atoms with Crippen LogP contribution in [-0.4, -0.2) is 26.1 Å². The van der Waals surface area contributed by atoms with E-state index in [1.807, 2.05) is 0 Å². The number of nitrogens with two attached hydrogens (primary N) is 1. The van der Waals surface area contributed by atoms with E-state index in [0.717, 1.165) is 0 Å². The molecule has 0 saturated heterocycles. The van der Waals surface area contributed by atoms with Crippen LogP contribution in [0, 0.1) is 0 Å². The van der Waals surface area contributed by atoms with Crippen LogP contribution in [0.1, 0.15) is 10.5 Å². The minimum Gasteiger partial charge on any atom is -0.476 e. The molecule has 0 aliphatic rings. The molecular weight excluding hydrogens is 196 g/mol. The van der Waals surface area contributed by atoms with Crippen LogP contribution in [0.5, 0.6) is 0 Å². The third-order valence-corrected chi connectivity index (χ3v) is 1.87. The van der Waals surface area contributed by atoms with E-state index >= 15 is 0 Å². The molecule has 6 nitrogen and oxygen atoms in total. The van der Waals surface area contributed by atoms with Crippen LogP contribution >= 0.6 is 0 Å². The van der Waals surface area contributed by atoms with Crippen molar-refractivity contribution < 1.29 is 9.90 Å². The molecular formula is C9H8N4O2. The van der Waals surface area contributed by atoms with Crippen LogP contribution in [0.3, 0.4) is 0 Å². The topological polar surface area (TPSA) is 94.0 Å². The van der Waals surface area contributed by atoms with Crippen molar-refractivity contribution in [3.63, 3.8) is 0 Å². The molecule has 0 aliphatic carbocycles. The highest BCUT2D eigenvalue weighted by molar-refractivity contribution is 5.84. The average molecular weight is 204 g/mol. The van der Waals surface area contributed by atoms with Crippen LogP contribution in [0.15, 0.2) is 30.5 Å². The number of benzene rings is 1. The summed E-state index contributed by atoms with van der Waals surface area (Å²) in [5, 5.41) is 15.8. The number of hydrogen-bond donors (Lipinski definition) is 2. The van der Waals surface area contributed by atoms with Gasteiger partial charge in [0.15, 0.2) is 5.69 Å². The van der Waals surface area contributed by atoms with Crippen molar-refractivity contribution in [2.45, 2.75) is 0 Å². The average Bonchev–Trinajstić information content (AvgIpc) is 2.68. The highest BCUT2D eigenvalue weighted by atomic mass is 16.4. The maximum Gasteiger partial charge on any atom is 0.358 e. The summed E-state index contributed by atoms with van der Waals surface area (Å²) in [6.45, 7) is 0. The lowest BCUT2D eigenvalue weighted by molar-refractivity contribution is 0.0690. The molecule has 1 heterocycles. The van der Waals surface area contributed by atoms with Crippen LogP contribution in [0.25, 0.3) is 5.69 Å². The Labute approximate surface area is 84.9 Å². The molecule has 2 rings (SSSR count). The fraction of sp³-hybridized carbons (Fsp3) is 0. The van der Waals surface area contributed by atoms with Gasteiger partial charge in [0.25, 0.3) is 0 Å². The van der Waals surface area contributed by atoms with Gasteiger partial charge in [0, 0.05) is 5.69 Å². The maximum atomic E-state index is 10.6. The molecule has 76 valence electrons. The van der Waals surface area contributed by atoms with E-state index in [0.29, 0.717) is 11.4 Å². The Morgan fingerprint density at radius 3 is 2.53 bits per heavy atom. The second-order valence-corrected chi connectivity index (χ2v) is 2.95. The zero-order chi connectivity index (χ0) is 10.8. The number of rotatable bonds is 2. The third kappa shape index (κ3) is 1.78. The summed E-state index contributed by atoms with van der Waals surface area (Å²) in [5.41, 5.74) is 6.78. The Balaban J connectivity index is 2.37. The SMILES string of the molecule is Nc1ccc(-n2cc(C(=O)O)nn2)cc1. The molecule has 2 aromatic rings. The molecule has 0 radical (unpaired) electrons. The van der Waals surface area contributed by atoms with Crippen molar-refractivity contribution in [1.82, 2.24) is 15.0 Å². The van der Waals surface area contributed by atoms with Gasteiger partial charge in [-0.1, -0.05) is 5.21 Å². The second-order valence-electron chi connectivity index (χ2n) is 2.95. The monoisotopic (exact) mass is 204 g/mol. The zero-order valence-corrected chi connectivity index (χ0v) is 7.66. The van der Waals surface area contributed by atoms with Crippen LogP contribution < -0.4 is 5.73 Å². The van der Waals surface area contributed by atoms with Crippen molar-refractivity contribution in [1.29, 1.82) is 0 Å².